The van der Waals surface area contributed by atoms with E-state index in [1.54, 1.807) is 11.3 Å². The Morgan fingerprint density at radius 1 is 1.67 bits per heavy atom. The highest BCUT2D eigenvalue weighted by Crippen LogP contribution is 2.65. The number of rotatable bonds is 2. The molecule has 2 unspecified atom stereocenters. The van der Waals surface area contributed by atoms with Crippen LogP contribution in [0.3, 0.4) is 0 Å². The van der Waals surface area contributed by atoms with E-state index >= 15 is 0 Å². The predicted molar refractivity (Wildman–Crippen MR) is 55.9 cm³/mol. The van der Waals surface area contributed by atoms with Crippen LogP contribution < -0.4 is 0 Å². The Morgan fingerprint density at radius 3 is 2.83 bits per heavy atom. The monoisotopic (exact) mass is 245 g/mol. The average Bonchev–Trinajstić information content (AvgIpc) is 2.50. The molecule has 1 heterocycles. The van der Waals surface area contributed by atoms with Crippen molar-refractivity contribution in [3.63, 3.8) is 0 Å². The lowest BCUT2D eigenvalue weighted by Gasteiger charge is -1.97. The molecular formula is C9H12BrNS. The zero-order valence-electron chi connectivity index (χ0n) is 7.25. The molecule has 1 aromatic rings. The van der Waals surface area contributed by atoms with Crippen molar-refractivity contribution in [2.24, 2.45) is 11.3 Å². The number of thiazole rings is 1. The number of halogens is 1. The summed E-state index contributed by atoms with van der Waals surface area (Å²) in [7, 11) is 0. The third kappa shape index (κ3) is 1.14. The second-order valence-electron chi connectivity index (χ2n) is 3.93. The molecule has 0 aromatic carbocycles. The molecule has 0 spiro atoms. The lowest BCUT2D eigenvalue weighted by molar-refractivity contribution is 0.579. The lowest BCUT2D eigenvalue weighted by Crippen LogP contribution is -1.90. The van der Waals surface area contributed by atoms with Crippen molar-refractivity contribution in [1.29, 1.82) is 0 Å². The summed E-state index contributed by atoms with van der Waals surface area (Å²) in [5.74, 6) is 1.47. The maximum absolute atomic E-state index is 4.37. The molecule has 1 aliphatic rings. The van der Waals surface area contributed by atoms with Crippen LogP contribution in [0.2, 0.25) is 0 Å². The molecule has 0 bridgehead atoms. The van der Waals surface area contributed by atoms with Gasteiger partial charge in [-0.1, -0.05) is 29.8 Å². The van der Waals surface area contributed by atoms with E-state index in [0.29, 0.717) is 11.3 Å². The molecule has 3 heteroatoms. The normalized spacial score (nSPS) is 31.9. The van der Waals surface area contributed by atoms with Gasteiger partial charge in [-0.15, -0.1) is 11.3 Å². The fourth-order valence-corrected chi connectivity index (χ4v) is 4.12. The van der Waals surface area contributed by atoms with Crippen LogP contribution in [0, 0.1) is 11.3 Å². The quantitative estimate of drug-likeness (QED) is 0.730. The molecule has 2 atom stereocenters. The molecule has 1 saturated carbocycles. The molecule has 1 fully saturated rings. The first kappa shape index (κ1) is 8.70. The summed E-state index contributed by atoms with van der Waals surface area (Å²) in [5, 5.41) is 4.48. The van der Waals surface area contributed by atoms with Gasteiger partial charge in [-0.05, 0) is 11.3 Å². The summed E-state index contributed by atoms with van der Waals surface area (Å²) in [6.07, 6.45) is 1.90. The highest BCUT2D eigenvalue weighted by molar-refractivity contribution is 9.09. The molecule has 66 valence electrons. The summed E-state index contributed by atoms with van der Waals surface area (Å²) in [6, 6.07) is 0. The minimum absolute atomic E-state index is 0.460. The summed E-state index contributed by atoms with van der Waals surface area (Å²) in [4.78, 5) is 4.37. The van der Waals surface area contributed by atoms with Gasteiger partial charge in [0, 0.05) is 22.8 Å². The van der Waals surface area contributed by atoms with Crippen LogP contribution in [-0.4, -0.2) is 10.3 Å². The smallest absolute Gasteiger partial charge is 0.0964 e. The van der Waals surface area contributed by atoms with Crippen molar-refractivity contribution in [2.75, 3.05) is 5.33 Å². The van der Waals surface area contributed by atoms with E-state index in [1.165, 1.54) is 5.01 Å². The first-order valence-corrected chi connectivity index (χ1v) is 6.13. The molecular weight excluding hydrogens is 234 g/mol. The zero-order valence-corrected chi connectivity index (χ0v) is 9.65. The van der Waals surface area contributed by atoms with Crippen LogP contribution in [0.1, 0.15) is 24.8 Å². The Kier molecular flexibility index (Phi) is 2.04. The molecule has 1 aromatic heterocycles. The van der Waals surface area contributed by atoms with E-state index in [9.17, 15) is 0 Å². The number of nitrogens with zero attached hydrogens (tertiary/aromatic N) is 1. The van der Waals surface area contributed by atoms with Gasteiger partial charge >= 0.3 is 0 Å². The molecule has 1 aliphatic carbocycles. The Bertz CT molecular complexity index is 268. The molecule has 0 aliphatic heterocycles. The van der Waals surface area contributed by atoms with Crippen LogP contribution in [0.4, 0.5) is 0 Å². The van der Waals surface area contributed by atoms with Gasteiger partial charge < -0.3 is 0 Å². The number of aromatic nitrogens is 1. The maximum atomic E-state index is 4.37. The van der Waals surface area contributed by atoms with Gasteiger partial charge in [0.25, 0.3) is 0 Å². The second kappa shape index (κ2) is 2.81. The maximum Gasteiger partial charge on any atom is 0.0964 e. The standard InChI is InChI=1S/C9H12BrNS/c1-9(2)6(5-10)7(9)8-11-3-4-12-8/h3-4,6-7H,5H2,1-2H3. The van der Waals surface area contributed by atoms with Crippen molar-refractivity contribution in [2.45, 2.75) is 19.8 Å². The molecule has 0 saturated heterocycles. The molecule has 12 heavy (non-hydrogen) atoms. The zero-order chi connectivity index (χ0) is 8.77. The van der Waals surface area contributed by atoms with Crippen LogP contribution in [-0.2, 0) is 0 Å². The molecule has 1 nitrogen and oxygen atoms in total. The van der Waals surface area contributed by atoms with Gasteiger partial charge in [-0.2, -0.15) is 0 Å². The highest BCUT2D eigenvalue weighted by Gasteiger charge is 2.58. The van der Waals surface area contributed by atoms with E-state index in [4.69, 9.17) is 0 Å². The van der Waals surface area contributed by atoms with Crippen LogP contribution in [0.25, 0.3) is 0 Å². The molecule has 0 radical (unpaired) electrons. The minimum Gasteiger partial charge on any atom is -0.249 e. The van der Waals surface area contributed by atoms with Crippen molar-refractivity contribution in [1.82, 2.24) is 4.98 Å². The van der Waals surface area contributed by atoms with Gasteiger partial charge in [0.2, 0.25) is 0 Å². The summed E-state index contributed by atoms with van der Waals surface area (Å²) in [5.41, 5.74) is 0.460. The third-order valence-corrected chi connectivity index (χ3v) is 4.49. The third-order valence-electron chi connectivity index (χ3n) is 2.93. The largest absolute Gasteiger partial charge is 0.249 e. The van der Waals surface area contributed by atoms with Gasteiger partial charge in [-0.25, -0.2) is 4.98 Å². The van der Waals surface area contributed by atoms with Crippen molar-refractivity contribution in [3.8, 4) is 0 Å². The van der Waals surface area contributed by atoms with Crippen LogP contribution >= 0.6 is 27.3 Å². The molecule has 0 N–H and O–H groups in total. The van der Waals surface area contributed by atoms with Crippen molar-refractivity contribution in [3.05, 3.63) is 16.6 Å². The number of hydrogen-bond acceptors (Lipinski definition) is 2. The Morgan fingerprint density at radius 2 is 2.42 bits per heavy atom. The Hall–Kier alpha value is 0.110. The van der Waals surface area contributed by atoms with E-state index in [1.807, 2.05) is 6.20 Å². The first-order valence-electron chi connectivity index (χ1n) is 4.13. The average molecular weight is 246 g/mol. The SMILES string of the molecule is CC1(C)C(CBr)C1c1nccs1. The topological polar surface area (TPSA) is 12.9 Å². The number of alkyl halides is 1. The van der Waals surface area contributed by atoms with E-state index in [2.05, 4.69) is 40.1 Å². The molecule has 2 rings (SSSR count). The van der Waals surface area contributed by atoms with E-state index in [0.717, 1.165) is 11.2 Å². The fraction of sp³-hybridized carbons (Fsp3) is 0.667. The minimum atomic E-state index is 0.460. The van der Waals surface area contributed by atoms with Gasteiger partial charge in [0.05, 0.1) is 5.01 Å². The lowest BCUT2D eigenvalue weighted by atomic mass is 10.1. The predicted octanol–water partition coefficient (Wildman–Crippen LogP) is 3.28. The second-order valence-corrected chi connectivity index (χ2v) is 5.50. The van der Waals surface area contributed by atoms with Crippen molar-refractivity contribution >= 4 is 27.3 Å². The van der Waals surface area contributed by atoms with Gasteiger partial charge in [0.1, 0.15) is 0 Å². The fourth-order valence-electron chi connectivity index (χ4n) is 1.91. The van der Waals surface area contributed by atoms with E-state index < -0.39 is 0 Å². The summed E-state index contributed by atoms with van der Waals surface area (Å²) < 4.78 is 0. The highest BCUT2D eigenvalue weighted by atomic mass is 79.9. The Balaban J connectivity index is 2.19. The van der Waals surface area contributed by atoms with Gasteiger partial charge in [0.15, 0.2) is 0 Å². The summed E-state index contributed by atoms with van der Waals surface area (Å²) >= 11 is 5.34. The molecule has 0 amide bonds. The van der Waals surface area contributed by atoms with Crippen molar-refractivity contribution < 1.29 is 0 Å². The van der Waals surface area contributed by atoms with Crippen LogP contribution in [0.15, 0.2) is 11.6 Å². The summed E-state index contributed by atoms with van der Waals surface area (Å²) in [6.45, 7) is 4.65. The Labute approximate surface area is 85.3 Å². The van der Waals surface area contributed by atoms with Gasteiger partial charge in [-0.3, -0.25) is 0 Å². The van der Waals surface area contributed by atoms with E-state index in [-0.39, 0.29) is 0 Å². The van der Waals surface area contributed by atoms with Crippen LogP contribution in [0.5, 0.6) is 0 Å². The first-order chi connectivity index (χ1) is 5.68. The number of hydrogen-bond donors (Lipinski definition) is 0.